The van der Waals surface area contributed by atoms with Crippen LogP contribution in [0.15, 0.2) is 36.4 Å². The summed E-state index contributed by atoms with van der Waals surface area (Å²) in [7, 11) is 0. The zero-order chi connectivity index (χ0) is 16.1. The maximum atomic E-state index is 11.6. The van der Waals surface area contributed by atoms with Gasteiger partial charge in [0.25, 0.3) is 5.24 Å². The van der Waals surface area contributed by atoms with Crippen LogP contribution in [0.2, 0.25) is 5.02 Å². The number of carbonyl (C=O) groups excluding carboxylic acids is 1. The molecule has 0 spiro atoms. The maximum Gasteiger partial charge on any atom is 0.283 e. The summed E-state index contributed by atoms with van der Waals surface area (Å²) in [6, 6.07) is 11.4. The second-order valence-electron chi connectivity index (χ2n) is 4.94. The quantitative estimate of drug-likeness (QED) is 0.809. The summed E-state index contributed by atoms with van der Waals surface area (Å²) in [5.41, 5.74) is 3.71. The zero-order valence-electron chi connectivity index (χ0n) is 12.8. The molecule has 5 heteroatoms. The minimum Gasteiger partial charge on any atom is -0.488 e. The number of anilines is 1. The first-order chi connectivity index (χ1) is 10.5. The molecule has 0 unspecified atom stereocenters. The Kier molecular flexibility index (Phi) is 5.75. The Bertz CT molecular complexity index is 688. The van der Waals surface area contributed by atoms with Gasteiger partial charge in [-0.3, -0.25) is 4.79 Å². The van der Waals surface area contributed by atoms with Crippen molar-refractivity contribution in [3.63, 3.8) is 0 Å². The highest BCUT2D eigenvalue weighted by Gasteiger charge is 2.11. The normalized spacial score (nSPS) is 10.4. The molecule has 0 fully saturated rings. The Labute approximate surface area is 140 Å². The highest BCUT2D eigenvalue weighted by Crippen LogP contribution is 2.28. The van der Waals surface area contributed by atoms with Crippen molar-refractivity contribution >= 4 is 34.3 Å². The fraction of sp³-hybridized carbons (Fsp3) is 0.235. The average molecular weight is 336 g/mol. The number of thioether (sulfide) groups is 1. The first-order valence-electron chi connectivity index (χ1n) is 6.83. The molecule has 0 aliphatic heterocycles. The lowest BCUT2D eigenvalue weighted by Crippen LogP contribution is -2.08. The smallest absolute Gasteiger partial charge is 0.283 e. The maximum absolute atomic E-state index is 11.6. The van der Waals surface area contributed by atoms with Crippen LogP contribution in [0.4, 0.5) is 10.5 Å². The highest BCUT2D eigenvalue weighted by atomic mass is 35.5. The van der Waals surface area contributed by atoms with Gasteiger partial charge in [0, 0.05) is 16.3 Å². The van der Waals surface area contributed by atoms with Crippen LogP contribution in [0.3, 0.4) is 0 Å². The fourth-order valence-electron chi connectivity index (χ4n) is 2.09. The first-order valence-corrected chi connectivity index (χ1v) is 8.44. The standard InChI is InChI=1S/C17H18ClNO2S/c1-11-7-8-16(12(2)9-11)21-10-13-14(18)5-4-6-15(13)19-17(20)22-3/h4-9H,10H2,1-3H3,(H,19,20). The topological polar surface area (TPSA) is 38.3 Å². The summed E-state index contributed by atoms with van der Waals surface area (Å²) >= 11 is 7.37. The summed E-state index contributed by atoms with van der Waals surface area (Å²) in [5, 5.41) is 3.26. The van der Waals surface area contributed by atoms with Gasteiger partial charge >= 0.3 is 0 Å². The Hall–Kier alpha value is -1.65. The van der Waals surface area contributed by atoms with Gasteiger partial charge in [-0.2, -0.15) is 0 Å². The predicted molar refractivity (Wildman–Crippen MR) is 94.2 cm³/mol. The summed E-state index contributed by atoms with van der Waals surface area (Å²) in [6.45, 7) is 4.35. The average Bonchev–Trinajstić information content (AvgIpc) is 2.48. The molecule has 2 rings (SSSR count). The number of amides is 1. The molecule has 0 saturated heterocycles. The van der Waals surface area contributed by atoms with Crippen molar-refractivity contribution in [2.24, 2.45) is 0 Å². The van der Waals surface area contributed by atoms with Crippen LogP contribution < -0.4 is 10.1 Å². The number of ether oxygens (including phenoxy) is 1. The van der Waals surface area contributed by atoms with Crippen LogP contribution in [0.25, 0.3) is 0 Å². The molecule has 0 heterocycles. The van der Waals surface area contributed by atoms with Crippen LogP contribution in [-0.2, 0) is 6.61 Å². The molecule has 2 aromatic carbocycles. The summed E-state index contributed by atoms with van der Waals surface area (Å²) in [5.74, 6) is 0.813. The van der Waals surface area contributed by atoms with E-state index in [9.17, 15) is 4.79 Å². The molecule has 2 aromatic rings. The molecule has 0 aliphatic rings. The number of hydrogen-bond donors (Lipinski definition) is 1. The van der Waals surface area contributed by atoms with E-state index in [1.165, 1.54) is 5.56 Å². The van der Waals surface area contributed by atoms with E-state index in [0.717, 1.165) is 28.6 Å². The molecular weight excluding hydrogens is 318 g/mol. The number of benzene rings is 2. The van der Waals surface area contributed by atoms with E-state index in [4.69, 9.17) is 16.3 Å². The highest BCUT2D eigenvalue weighted by molar-refractivity contribution is 8.13. The van der Waals surface area contributed by atoms with E-state index in [1.54, 1.807) is 18.4 Å². The number of nitrogens with one attached hydrogen (secondary N) is 1. The van der Waals surface area contributed by atoms with Gasteiger partial charge in [-0.05, 0) is 43.9 Å². The van der Waals surface area contributed by atoms with Gasteiger partial charge < -0.3 is 10.1 Å². The van der Waals surface area contributed by atoms with Crippen molar-refractivity contribution in [2.75, 3.05) is 11.6 Å². The third-order valence-corrected chi connectivity index (χ3v) is 4.07. The number of aryl methyl sites for hydroxylation is 2. The first kappa shape index (κ1) is 16.7. The Morgan fingerprint density at radius 2 is 2.05 bits per heavy atom. The van der Waals surface area contributed by atoms with E-state index < -0.39 is 0 Å². The van der Waals surface area contributed by atoms with E-state index in [0.29, 0.717) is 17.3 Å². The van der Waals surface area contributed by atoms with E-state index in [-0.39, 0.29) is 5.24 Å². The fourth-order valence-corrected chi connectivity index (χ4v) is 2.54. The summed E-state index contributed by atoms with van der Waals surface area (Å²) in [4.78, 5) is 11.6. The number of carbonyl (C=O) groups is 1. The minimum atomic E-state index is -0.130. The van der Waals surface area contributed by atoms with Crippen molar-refractivity contribution in [3.05, 3.63) is 58.1 Å². The lowest BCUT2D eigenvalue weighted by molar-refractivity contribution is 0.269. The second-order valence-corrected chi connectivity index (χ2v) is 6.13. The molecule has 0 aliphatic carbocycles. The molecule has 0 bridgehead atoms. The molecule has 0 radical (unpaired) electrons. The van der Waals surface area contributed by atoms with E-state index >= 15 is 0 Å². The molecular formula is C17H18ClNO2S. The van der Waals surface area contributed by atoms with Gasteiger partial charge in [-0.15, -0.1) is 0 Å². The molecule has 0 atom stereocenters. The third-order valence-electron chi connectivity index (χ3n) is 3.24. The SMILES string of the molecule is CSC(=O)Nc1cccc(Cl)c1COc1ccc(C)cc1C. The van der Waals surface area contributed by atoms with Gasteiger partial charge in [-0.25, -0.2) is 0 Å². The lowest BCUT2D eigenvalue weighted by Gasteiger charge is -2.14. The van der Waals surface area contributed by atoms with Crippen molar-refractivity contribution in [1.82, 2.24) is 0 Å². The molecule has 3 nitrogen and oxygen atoms in total. The molecule has 0 saturated carbocycles. The zero-order valence-corrected chi connectivity index (χ0v) is 14.3. The lowest BCUT2D eigenvalue weighted by atomic mass is 10.1. The molecule has 116 valence electrons. The Morgan fingerprint density at radius 3 is 2.73 bits per heavy atom. The molecule has 22 heavy (non-hydrogen) atoms. The summed E-state index contributed by atoms with van der Waals surface area (Å²) < 4.78 is 5.87. The van der Waals surface area contributed by atoms with E-state index in [2.05, 4.69) is 11.4 Å². The van der Waals surface area contributed by atoms with Gasteiger partial charge in [0.15, 0.2) is 0 Å². The van der Waals surface area contributed by atoms with Crippen LogP contribution in [0.1, 0.15) is 16.7 Å². The number of rotatable bonds is 4. The van der Waals surface area contributed by atoms with Crippen LogP contribution in [0, 0.1) is 13.8 Å². The minimum absolute atomic E-state index is 0.130. The molecule has 1 amide bonds. The van der Waals surface area contributed by atoms with Crippen LogP contribution in [-0.4, -0.2) is 11.5 Å². The van der Waals surface area contributed by atoms with Crippen molar-refractivity contribution in [2.45, 2.75) is 20.5 Å². The van der Waals surface area contributed by atoms with Crippen molar-refractivity contribution in [1.29, 1.82) is 0 Å². The van der Waals surface area contributed by atoms with Gasteiger partial charge in [0.1, 0.15) is 12.4 Å². The largest absolute Gasteiger partial charge is 0.488 e. The third kappa shape index (κ3) is 4.18. The van der Waals surface area contributed by atoms with Crippen molar-refractivity contribution < 1.29 is 9.53 Å². The predicted octanol–water partition coefficient (Wildman–Crippen LogP) is 5.43. The van der Waals surface area contributed by atoms with Gasteiger partial charge in [0.2, 0.25) is 0 Å². The monoisotopic (exact) mass is 335 g/mol. The Balaban J connectivity index is 2.19. The van der Waals surface area contributed by atoms with Crippen LogP contribution >= 0.6 is 23.4 Å². The van der Waals surface area contributed by atoms with Crippen molar-refractivity contribution in [3.8, 4) is 5.75 Å². The van der Waals surface area contributed by atoms with E-state index in [1.807, 2.05) is 32.0 Å². The Morgan fingerprint density at radius 1 is 1.27 bits per heavy atom. The van der Waals surface area contributed by atoms with Crippen LogP contribution in [0.5, 0.6) is 5.75 Å². The molecule has 0 aromatic heterocycles. The second kappa shape index (κ2) is 7.56. The number of halogens is 1. The summed E-state index contributed by atoms with van der Waals surface area (Å²) in [6.07, 6.45) is 1.73. The molecule has 1 N–H and O–H groups in total. The number of hydrogen-bond acceptors (Lipinski definition) is 3. The van der Waals surface area contributed by atoms with Gasteiger partial charge in [-0.1, -0.05) is 47.1 Å². The van der Waals surface area contributed by atoms with Gasteiger partial charge in [0.05, 0.1) is 0 Å².